The van der Waals surface area contributed by atoms with Crippen LogP contribution in [0.2, 0.25) is 0 Å². The third-order valence-electron chi connectivity index (χ3n) is 3.62. The lowest BCUT2D eigenvalue weighted by molar-refractivity contribution is 0.308. The summed E-state index contributed by atoms with van der Waals surface area (Å²) < 4.78 is 7.89. The quantitative estimate of drug-likeness (QED) is 0.563. The van der Waals surface area contributed by atoms with Crippen LogP contribution in [-0.4, -0.2) is 9.61 Å². The van der Waals surface area contributed by atoms with E-state index in [2.05, 4.69) is 29.4 Å². The van der Waals surface area contributed by atoms with Crippen LogP contribution in [0.3, 0.4) is 0 Å². The second-order valence-electron chi connectivity index (χ2n) is 4.97. The number of hydrogen-bond acceptors (Lipinski definition) is 2. The van der Waals surface area contributed by atoms with Gasteiger partial charge in [-0.3, -0.25) is 0 Å². The average Bonchev–Trinajstić information content (AvgIpc) is 3.02. The van der Waals surface area contributed by atoms with Gasteiger partial charge in [0.15, 0.2) is 0 Å². The Morgan fingerprint density at radius 1 is 0.857 bits per heavy atom. The molecule has 21 heavy (non-hydrogen) atoms. The molecule has 3 heteroatoms. The number of nitrogens with zero attached hydrogens (tertiary/aromatic N) is 2. The number of benzene rings is 2. The summed E-state index contributed by atoms with van der Waals surface area (Å²) in [6.07, 6.45) is 3.75. The first-order valence-corrected chi connectivity index (χ1v) is 6.94. The molecule has 0 amide bonds. The molecule has 4 aromatic rings. The summed E-state index contributed by atoms with van der Waals surface area (Å²) in [4.78, 5) is 0. The average molecular weight is 274 g/mol. The van der Waals surface area contributed by atoms with E-state index in [9.17, 15) is 0 Å². The van der Waals surface area contributed by atoms with Crippen molar-refractivity contribution in [2.75, 3.05) is 0 Å². The normalized spacial score (nSPS) is 11.0. The Kier molecular flexibility index (Phi) is 2.82. The lowest BCUT2D eigenvalue weighted by Crippen LogP contribution is -1.98. The highest BCUT2D eigenvalue weighted by molar-refractivity contribution is 5.99. The Morgan fingerprint density at radius 2 is 1.62 bits per heavy atom. The molecule has 0 aliphatic rings. The summed E-state index contributed by atoms with van der Waals surface area (Å²) >= 11 is 0. The van der Waals surface area contributed by atoms with Crippen LogP contribution in [-0.2, 0) is 6.61 Å². The molecule has 102 valence electrons. The highest BCUT2D eigenvalue weighted by Gasteiger charge is 2.08. The van der Waals surface area contributed by atoms with Gasteiger partial charge in [0, 0.05) is 10.8 Å². The van der Waals surface area contributed by atoms with Gasteiger partial charge in [0.1, 0.15) is 12.4 Å². The Labute approximate surface area is 122 Å². The monoisotopic (exact) mass is 274 g/mol. The number of pyridine rings is 1. The topological polar surface area (TPSA) is 26.5 Å². The zero-order valence-corrected chi connectivity index (χ0v) is 11.4. The highest BCUT2D eigenvalue weighted by Crippen LogP contribution is 2.29. The first-order chi connectivity index (χ1) is 10.4. The van der Waals surface area contributed by atoms with Crippen LogP contribution < -0.4 is 4.74 Å². The van der Waals surface area contributed by atoms with Crippen molar-refractivity contribution in [1.82, 2.24) is 9.61 Å². The van der Waals surface area contributed by atoms with E-state index < -0.39 is 0 Å². The van der Waals surface area contributed by atoms with Gasteiger partial charge in [-0.05, 0) is 11.6 Å². The van der Waals surface area contributed by atoms with E-state index in [4.69, 9.17) is 4.74 Å². The first-order valence-electron chi connectivity index (χ1n) is 6.94. The van der Waals surface area contributed by atoms with E-state index in [1.54, 1.807) is 0 Å². The summed E-state index contributed by atoms with van der Waals surface area (Å²) in [5, 5.41) is 6.59. The molecule has 0 spiro atoms. The lowest BCUT2D eigenvalue weighted by Gasteiger charge is -2.11. The summed E-state index contributed by atoms with van der Waals surface area (Å²) in [5.74, 6) is 0.852. The van der Waals surface area contributed by atoms with Crippen molar-refractivity contribution < 1.29 is 4.74 Å². The lowest BCUT2D eigenvalue weighted by atomic mass is 10.1. The number of ether oxygens (including phenoxy) is 1. The first kappa shape index (κ1) is 12.0. The van der Waals surface area contributed by atoms with E-state index in [0.29, 0.717) is 6.61 Å². The van der Waals surface area contributed by atoms with Gasteiger partial charge in [0.2, 0.25) is 0 Å². The van der Waals surface area contributed by atoms with Gasteiger partial charge < -0.3 is 4.74 Å². The van der Waals surface area contributed by atoms with Crippen LogP contribution in [0.4, 0.5) is 0 Å². The second kappa shape index (κ2) is 4.94. The number of fused-ring (bicyclic) bond motifs is 3. The Morgan fingerprint density at radius 3 is 2.48 bits per heavy atom. The Balaban J connectivity index is 1.79. The molecule has 0 bridgehead atoms. The Hall–Kier alpha value is -2.81. The van der Waals surface area contributed by atoms with Crippen molar-refractivity contribution >= 4 is 16.3 Å². The van der Waals surface area contributed by atoms with Crippen LogP contribution in [0.5, 0.6) is 5.75 Å². The summed E-state index contributed by atoms with van der Waals surface area (Å²) in [6.45, 7) is 0.553. The fourth-order valence-electron chi connectivity index (χ4n) is 2.58. The predicted molar refractivity (Wildman–Crippen MR) is 83.5 cm³/mol. The predicted octanol–water partition coefficient (Wildman–Crippen LogP) is 4.07. The van der Waals surface area contributed by atoms with E-state index in [-0.39, 0.29) is 0 Å². The summed E-state index contributed by atoms with van der Waals surface area (Å²) in [7, 11) is 0. The van der Waals surface area contributed by atoms with Gasteiger partial charge in [-0.25, -0.2) is 4.52 Å². The fourth-order valence-corrected chi connectivity index (χ4v) is 2.58. The number of rotatable bonds is 3. The van der Waals surface area contributed by atoms with Gasteiger partial charge in [0.05, 0.1) is 17.9 Å². The molecule has 0 saturated carbocycles. The van der Waals surface area contributed by atoms with Gasteiger partial charge in [-0.2, -0.15) is 5.10 Å². The molecule has 2 aromatic carbocycles. The van der Waals surface area contributed by atoms with Crippen LogP contribution in [0.25, 0.3) is 16.3 Å². The molecule has 0 saturated heterocycles. The molecule has 4 rings (SSSR count). The molecular weight excluding hydrogens is 260 g/mol. The van der Waals surface area contributed by atoms with Crippen LogP contribution in [0.15, 0.2) is 73.1 Å². The van der Waals surface area contributed by atoms with E-state index in [1.807, 2.05) is 53.3 Å². The molecule has 3 nitrogen and oxygen atoms in total. The molecule has 0 fully saturated rings. The largest absolute Gasteiger partial charge is 0.487 e. The third kappa shape index (κ3) is 2.13. The standard InChI is InChI=1S/C18H14N2O/c1-2-6-14(7-3-1)13-21-18-12-20-17(10-11-19-20)15-8-4-5-9-16(15)18/h1-12H,13H2. The van der Waals surface area contributed by atoms with E-state index >= 15 is 0 Å². The zero-order valence-electron chi connectivity index (χ0n) is 11.4. The smallest absolute Gasteiger partial charge is 0.146 e. The van der Waals surface area contributed by atoms with Gasteiger partial charge in [-0.1, -0.05) is 54.6 Å². The molecule has 2 aromatic heterocycles. The van der Waals surface area contributed by atoms with Crippen molar-refractivity contribution in [3.8, 4) is 5.75 Å². The minimum absolute atomic E-state index is 0.553. The fraction of sp³-hybridized carbons (Fsp3) is 0.0556. The van der Waals surface area contributed by atoms with Crippen LogP contribution in [0, 0.1) is 0 Å². The number of hydrogen-bond donors (Lipinski definition) is 0. The molecule has 0 unspecified atom stereocenters. The second-order valence-corrected chi connectivity index (χ2v) is 4.97. The summed E-state index contributed by atoms with van der Waals surface area (Å²) in [5.41, 5.74) is 2.25. The number of aromatic nitrogens is 2. The maximum atomic E-state index is 6.02. The molecule has 0 N–H and O–H groups in total. The molecule has 0 aliphatic carbocycles. The molecule has 0 atom stereocenters. The van der Waals surface area contributed by atoms with Crippen molar-refractivity contribution in [2.45, 2.75) is 6.61 Å². The van der Waals surface area contributed by atoms with Gasteiger partial charge in [0.25, 0.3) is 0 Å². The van der Waals surface area contributed by atoms with Crippen molar-refractivity contribution in [3.63, 3.8) is 0 Å². The maximum absolute atomic E-state index is 6.02. The molecule has 2 heterocycles. The summed E-state index contributed by atoms with van der Waals surface area (Å²) in [6, 6.07) is 20.5. The SMILES string of the molecule is c1ccc(COc2cn3nccc3c3ccccc23)cc1. The molecule has 0 aliphatic heterocycles. The van der Waals surface area contributed by atoms with Crippen LogP contribution >= 0.6 is 0 Å². The molecular formula is C18H14N2O. The third-order valence-corrected chi connectivity index (χ3v) is 3.62. The molecule has 0 radical (unpaired) electrons. The van der Waals surface area contributed by atoms with Gasteiger partial charge >= 0.3 is 0 Å². The van der Waals surface area contributed by atoms with Gasteiger partial charge in [-0.15, -0.1) is 0 Å². The van der Waals surface area contributed by atoms with Crippen molar-refractivity contribution in [2.24, 2.45) is 0 Å². The van der Waals surface area contributed by atoms with Crippen LogP contribution in [0.1, 0.15) is 5.56 Å². The van der Waals surface area contributed by atoms with E-state index in [0.717, 1.165) is 27.6 Å². The Bertz CT molecular complexity index is 897. The minimum Gasteiger partial charge on any atom is -0.487 e. The zero-order chi connectivity index (χ0) is 14.1. The highest BCUT2D eigenvalue weighted by atomic mass is 16.5. The van der Waals surface area contributed by atoms with Crippen molar-refractivity contribution in [1.29, 1.82) is 0 Å². The minimum atomic E-state index is 0.553. The van der Waals surface area contributed by atoms with Crippen molar-refractivity contribution in [3.05, 3.63) is 78.6 Å². The maximum Gasteiger partial charge on any atom is 0.146 e. The van der Waals surface area contributed by atoms with E-state index in [1.165, 1.54) is 0 Å².